The fraction of sp³-hybridized carbons (Fsp3) is 0.500. The first kappa shape index (κ1) is 8.86. The average Bonchev–Trinajstić information content (AvgIpc) is 2.52. The van der Waals surface area contributed by atoms with Crippen molar-refractivity contribution >= 4 is 13.3 Å². The zero-order valence-corrected chi connectivity index (χ0v) is 8.16. The number of hydrogen-bond acceptors (Lipinski definition) is 0. The van der Waals surface area contributed by atoms with Crippen LogP contribution in [0.4, 0.5) is 0 Å². The van der Waals surface area contributed by atoms with E-state index in [1.807, 2.05) is 6.07 Å². The van der Waals surface area contributed by atoms with E-state index in [1.165, 1.54) is 24.8 Å². The van der Waals surface area contributed by atoms with E-state index in [0.717, 1.165) is 17.3 Å². The molecule has 1 aliphatic carbocycles. The summed E-state index contributed by atoms with van der Waals surface area (Å²) in [5, 5.41) is 0. The van der Waals surface area contributed by atoms with Crippen LogP contribution >= 0.6 is 0 Å². The minimum absolute atomic E-state index is 0.762. The van der Waals surface area contributed by atoms with Gasteiger partial charge in [0.25, 0.3) is 0 Å². The van der Waals surface area contributed by atoms with Gasteiger partial charge >= 0.3 is 0 Å². The van der Waals surface area contributed by atoms with Gasteiger partial charge in [-0.1, -0.05) is 43.1 Å². The van der Waals surface area contributed by atoms with Crippen LogP contribution in [0.2, 0.25) is 0 Å². The van der Waals surface area contributed by atoms with Crippen molar-refractivity contribution in [2.45, 2.75) is 32.1 Å². The highest BCUT2D eigenvalue weighted by Gasteiger charge is 2.22. The third kappa shape index (κ3) is 1.96. The van der Waals surface area contributed by atoms with E-state index in [4.69, 9.17) is 7.85 Å². The van der Waals surface area contributed by atoms with E-state index in [1.54, 1.807) is 0 Å². The lowest BCUT2D eigenvalue weighted by Crippen LogP contribution is -2.04. The molecule has 2 rings (SSSR count). The summed E-state index contributed by atoms with van der Waals surface area (Å²) in [6.07, 6.45) is 4.05. The molecule has 0 heterocycles. The predicted molar refractivity (Wildman–Crippen MR) is 57.6 cm³/mol. The Kier molecular flexibility index (Phi) is 2.43. The minimum atomic E-state index is 0.762. The van der Waals surface area contributed by atoms with Crippen LogP contribution in [0.15, 0.2) is 24.3 Å². The fourth-order valence-electron chi connectivity index (χ4n) is 2.32. The molecular formula is C12H15B. The Morgan fingerprint density at radius 1 is 1.31 bits per heavy atom. The Morgan fingerprint density at radius 3 is 2.77 bits per heavy atom. The average molecular weight is 170 g/mol. The molecule has 66 valence electrons. The van der Waals surface area contributed by atoms with Gasteiger partial charge in [0.2, 0.25) is 0 Å². The zero-order chi connectivity index (χ0) is 9.26. The van der Waals surface area contributed by atoms with Crippen molar-refractivity contribution in [3.63, 3.8) is 0 Å². The zero-order valence-electron chi connectivity index (χ0n) is 8.16. The molecule has 0 saturated heterocycles. The van der Waals surface area contributed by atoms with Gasteiger partial charge in [0.05, 0.1) is 0 Å². The summed E-state index contributed by atoms with van der Waals surface area (Å²) >= 11 is 0. The summed E-state index contributed by atoms with van der Waals surface area (Å²) in [5.74, 6) is 1.66. The maximum Gasteiger partial charge on any atom is 0.113 e. The van der Waals surface area contributed by atoms with E-state index in [2.05, 4.69) is 25.1 Å². The first-order chi connectivity index (χ1) is 6.25. The van der Waals surface area contributed by atoms with Gasteiger partial charge in [-0.3, -0.25) is 0 Å². The molecule has 1 saturated carbocycles. The summed E-state index contributed by atoms with van der Waals surface area (Å²) in [6, 6.07) is 8.36. The van der Waals surface area contributed by atoms with Crippen LogP contribution in [0.1, 0.15) is 37.7 Å². The predicted octanol–water partition coefficient (Wildman–Crippen LogP) is 2.38. The first-order valence-corrected chi connectivity index (χ1v) is 5.11. The Morgan fingerprint density at radius 2 is 2.15 bits per heavy atom. The Bertz CT molecular complexity index is 293. The fourth-order valence-corrected chi connectivity index (χ4v) is 2.32. The molecular weight excluding hydrogens is 155 g/mol. The van der Waals surface area contributed by atoms with Crippen LogP contribution in [-0.4, -0.2) is 7.85 Å². The number of rotatable bonds is 1. The molecule has 1 aromatic carbocycles. The van der Waals surface area contributed by atoms with Gasteiger partial charge in [-0.2, -0.15) is 0 Å². The normalized spacial score (nSPS) is 27.8. The number of hydrogen-bond donors (Lipinski definition) is 0. The standard InChI is InChI=1S/C12H15B/c1-9-5-6-11(7-9)10-3-2-4-12(13)8-10/h2-4,8-9,11H,5-7H2,1H3/t9?,11-/m0/s1. The van der Waals surface area contributed by atoms with Crippen LogP contribution in [0.25, 0.3) is 0 Å². The van der Waals surface area contributed by atoms with Gasteiger partial charge in [0.15, 0.2) is 0 Å². The highest BCUT2D eigenvalue weighted by Crippen LogP contribution is 2.37. The maximum atomic E-state index is 5.76. The summed E-state index contributed by atoms with van der Waals surface area (Å²) in [5.41, 5.74) is 2.33. The van der Waals surface area contributed by atoms with Gasteiger partial charge < -0.3 is 0 Å². The minimum Gasteiger partial charge on any atom is -0.0964 e. The molecule has 0 aromatic heterocycles. The van der Waals surface area contributed by atoms with Crippen molar-refractivity contribution in [2.75, 3.05) is 0 Å². The van der Waals surface area contributed by atoms with Crippen LogP contribution in [0.5, 0.6) is 0 Å². The largest absolute Gasteiger partial charge is 0.113 e. The molecule has 1 unspecified atom stereocenters. The second-order valence-corrected chi connectivity index (χ2v) is 4.29. The molecule has 0 bridgehead atoms. The van der Waals surface area contributed by atoms with Gasteiger partial charge in [-0.25, -0.2) is 0 Å². The van der Waals surface area contributed by atoms with Crippen LogP contribution < -0.4 is 5.46 Å². The Balaban J connectivity index is 2.16. The molecule has 13 heavy (non-hydrogen) atoms. The SMILES string of the molecule is [B]c1cccc([C@H]2CCC(C)C2)c1. The Labute approximate surface area is 81.8 Å². The molecule has 0 nitrogen and oxygen atoms in total. The molecule has 0 spiro atoms. The summed E-state index contributed by atoms with van der Waals surface area (Å²) < 4.78 is 0. The van der Waals surface area contributed by atoms with Crippen molar-refractivity contribution in [3.8, 4) is 0 Å². The molecule has 2 radical (unpaired) electrons. The van der Waals surface area contributed by atoms with Crippen LogP contribution in [-0.2, 0) is 0 Å². The molecule has 0 N–H and O–H groups in total. The molecule has 0 amide bonds. The lowest BCUT2D eigenvalue weighted by Gasteiger charge is -2.10. The topological polar surface area (TPSA) is 0 Å². The van der Waals surface area contributed by atoms with Crippen LogP contribution in [0.3, 0.4) is 0 Å². The molecule has 1 aromatic rings. The monoisotopic (exact) mass is 170 g/mol. The third-order valence-electron chi connectivity index (χ3n) is 3.08. The molecule has 2 atom stereocenters. The van der Waals surface area contributed by atoms with Gasteiger partial charge in [-0.15, -0.1) is 0 Å². The lowest BCUT2D eigenvalue weighted by molar-refractivity contribution is 0.596. The third-order valence-corrected chi connectivity index (χ3v) is 3.08. The van der Waals surface area contributed by atoms with Crippen LogP contribution in [0, 0.1) is 5.92 Å². The lowest BCUT2D eigenvalue weighted by atomic mass is 9.89. The van der Waals surface area contributed by atoms with Crippen molar-refractivity contribution in [1.29, 1.82) is 0 Å². The Hall–Kier alpha value is -0.715. The second kappa shape index (κ2) is 3.57. The molecule has 1 heteroatoms. The second-order valence-electron chi connectivity index (χ2n) is 4.29. The maximum absolute atomic E-state index is 5.76. The van der Waals surface area contributed by atoms with E-state index in [0.29, 0.717) is 0 Å². The van der Waals surface area contributed by atoms with Crippen molar-refractivity contribution in [1.82, 2.24) is 0 Å². The quantitative estimate of drug-likeness (QED) is 0.567. The van der Waals surface area contributed by atoms with Crippen molar-refractivity contribution in [3.05, 3.63) is 29.8 Å². The highest BCUT2D eigenvalue weighted by atomic mass is 14.3. The van der Waals surface area contributed by atoms with E-state index < -0.39 is 0 Å². The van der Waals surface area contributed by atoms with Crippen molar-refractivity contribution < 1.29 is 0 Å². The smallest absolute Gasteiger partial charge is 0.0964 e. The van der Waals surface area contributed by atoms with E-state index in [9.17, 15) is 0 Å². The molecule has 0 aliphatic heterocycles. The van der Waals surface area contributed by atoms with E-state index in [-0.39, 0.29) is 0 Å². The summed E-state index contributed by atoms with van der Waals surface area (Å²) in [4.78, 5) is 0. The number of benzene rings is 1. The summed E-state index contributed by atoms with van der Waals surface area (Å²) in [6.45, 7) is 2.34. The van der Waals surface area contributed by atoms with Crippen molar-refractivity contribution in [2.24, 2.45) is 5.92 Å². The van der Waals surface area contributed by atoms with E-state index >= 15 is 0 Å². The van der Waals surface area contributed by atoms with Gasteiger partial charge in [0.1, 0.15) is 7.85 Å². The highest BCUT2D eigenvalue weighted by molar-refractivity contribution is 6.32. The molecule has 1 aliphatic rings. The molecule has 1 fully saturated rings. The first-order valence-electron chi connectivity index (χ1n) is 5.11. The van der Waals surface area contributed by atoms with Gasteiger partial charge in [-0.05, 0) is 30.2 Å². The van der Waals surface area contributed by atoms with Gasteiger partial charge in [0, 0.05) is 0 Å². The summed E-state index contributed by atoms with van der Waals surface area (Å²) in [7, 11) is 5.76.